The average Bonchev–Trinajstić information content (AvgIpc) is 2.77. The van der Waals surface area contributed by atoms with Gasteiger partial charge in [-0.25, -0.2) is 0 Å². The molecule has 0 spiro atoms. The first-order valence-corrected chi connectivity index (χ1v) is 8.98. The first-order chi connectivity index (χ1) is 11.1. The van der Waals surface area contributed by atoms with Crippen LogP contribution < -0.4 is 10.2 Å². The van der Waals surface area contributed by atoms with Crippen molar-refractivity contribution in [1.29, 1.82) is 0 Å². The number of carbonyl (C=O) groups is 1. The SMILES string of the molecule is CC1CCC(N(C)C(=O)CN2CCCNc3ccccc32)CC1. The van der Waals surface area contributed by atoms with Crippen LogP contribution in [0.5, 0.6) is 0 Å². The lowest BCUT2D eigenvalue weighted by Crippen LogP contribution is -2.44. The molecule has 1 aliphatic heterocycles. The predicted octanol–water partition coefficient (Wildman–Crippen LogP) is 3.35. The minimum Gasteiger partial charge on any atom is -0.383 e. The molecule has 1 N–H and O–H groups in total. The Morgan fingerprint density at radius 2 is 2.00 bits per heavy atom. The molecule has 1 amide bonds. The van der Waals surface area contributed by atoms with E-state index in [1.54, 1.807) is 0 Å². The molecule has 0 radical (unpaired) electrons. The number of fused-ring (bicyclic) bond motifs is 1. The van der Waals surface area contributed by atoms with Gasteiger partial charge in [-0.15, -0.1) is 0 Å². The number of rotatable bonds is 3. The first-order valence-electron chi connectivity index (χ1n) is 8.98. The highest BCUT2D eigenvalue weighted by atomic mass is 16.2. The fraction of sp³-hybridized carbons (Fsp3) is 0.632. The molecule has 126 valence electrons. The first kappa shape index (κ1) is 16.2. The van der Waals surface area contributed by atoms with Crippen LogP contribution in [0, 0.1) is 5.92 Å². The number of amides is 1. The largest absolute Gasteiger partial charge is 0.383 e. The van der Waals surface area contributed by atoms with Gasteiger partial charge in [0, 0.05) is 26.2 Å². The number of nitrogens with zero attached hydrogens (tertiary/aromatic N) is 2. The molecule has 0 bridgehead atoms. The molecule has 0 aromatic heterocycles. The number of hydrogen-bond acceptors (Lipinski definition) is 3. The summed E-state index contributed by atoms with van der Waals surface area (Å²) in [6.07, 6.45) is 5.87. The zero-order valence-electron chi connectivity index (χ0n) is 14.4. The summed E-state index contributed by atoms with van der Waals surface area (Å²) >= 11 is 0. The van der Waals surface area contributed by atoms with Crippen LogP contribution >= 0.6 is 0 Å². The third kappa shape index (κ3) is 3.80. The van der Waals surface area contributed by atoms with Gasteiger partial charge in [-0.1, -0.05) is 19.1 Å². The second kappa shape index (κ2) is 7.24. The van der Waals surface area contributed by atoms with Crippen molar-refractivity contribution in [3.05, 3.63) is 24.3 Å². The molecule has 1 saturated carbocycles. The molecule has 1 aromatic rings. The monoisotopic (exact) mass is 315 g/mol. The summed E-state index contributed by atoms with van der Waals surface area (Å²) in [7, 11) is 1.99. The van der Waals surface area contributed by atoms with E-state index in [9.17, 15) is 4.79 Å². The van der Waals surface area contributed by atoms with Crippen molar-refractivity contribution >= 4 is 17.3 Å². The molecular weight excluding hydrogens is 286 g/mol. The van der Waals surface area contributed by atoms with Crippen molar-refractivity contribution in [1.82, 2.24) is 4.90 Å². The lowest BCUT2D eigenvalue weighted by atomic mass is 9.87. The highest BCUT2D eigenvalue weighted by Gasteiger charge is 2.26. The van der Waals surface area contributed by atoms with E-state index in [1.165, 1.54) is 12.8 Å². The summed E-state index contributed by atoms with van der Waals surface area (Å²) in [5.41, 5.74) is 2.30. The summed E-state index contributed by atoms with van der Waals surface area (Å²) in [6, 6.07) is 8.74. The van der Waals surface area contributed by atoms with Crippen LogP contribution in [-0.4, -0.2) is 43.5 Å². The highest BCUT2D eigenvalue weighted by Crippen LogP contribution is 2.29. The van der Waals surface area contributed by atoms with Gasteiger partial charge in [0.2, 0.25) is 5.91 Å². The van der Waals surface area contributed by atoms with Crippen molar-refractivity contribution in [3.8, 4) is 0 Å². The molecular formula is C19H29N3O. The number of nitrogens with one attached hydrogen (secondary N) is 1. The van der Waals surface area contributed by atoms with Gasteiger partial charge in [0.15, 0.2) is 0 Å². The topological polar surface area (TPSA) is 35.6 Å². The summed E-state index contributed by atoms with van der Waals surface area (Å²) in [5.74, 6) is 1.07. The number of hydrogen-bond donors (Lipinski definition) is 1. The summed E-state index contributed by atoms with van der Waals surface area (Å²) < 4.78 is 0. The number of anilines is 2. The number of carbonyl (C=O) groups excluding carboxylic acids is 1. The van der Waals surface area contributed by atoms with Crippen LogP contribution in [0.25, 0.3) is 0 Å². The standard InChI is InChI=1S/C19H29N3O/c1-15-8-10-16(11-9-15)21(2)19(23)14-22-13-5-12-20-17-6-3-4-7-18(17)22/h3-4,6-7,15-16,20H,5,8-14H2,1-2H3. The lowest BCUT2D eigenvalue weighted by Gasteiger charge is -2.35. The second-order valence-corrected chi connectivity index (χ2v) is 7.14. The zero-order valence-corrected chi connectivity index (χ0v) is 14.4. The van der Waals surface area contributed by atoms with Gasteiger partial charge in [-0.2, -0.15) is 0 Å². The number of benzene rings is 1. The van der Waals surface area contributed by atoms with Crippen LogP contribution in [0.4, 0.5) is 11.4 Å². The van der Waals surface area contributed by atoms with Gasteiger partial charge in [0.25, 0.3) is 0 Å². The molecule has 2 aliphatic rings. The summed E-state index contributed by atoms with van der Waals surface area (Å²) in [4.78, 5) is 17.0. The quantitative estimate of drug-likeness (QED) is 0.929. The van der Waals surface area contributed by atoms with E-state index in [2.05, 4.69) is 35.3 Å². The Hall–Kier alpha value is -1.71. The van der Waals surface area contributed by atoms with Crippen molar-refractivity contribution in [2.24, 2.45) is 5.92 Å². The van der Waals surface area contributed by atoms with E-state index in [4.69, 9.17) is 0 Å². The third-order valence-electron chi connectivity index (χ3n) is 5.42. The van der Waals surface area contributed by atoms with E-state index in [1.807, 2.05) is 18.0 Å². The second-order valence-electron chi connectivity index (χ2n) is 7.14. The Kier molecular flexibility index (Phi) is 5.09. The normalized spacial score (nSPS) is 24.3. The Morgan fingerprint density at radius 1 is 1.26 bits per heavy atom. The van der Waals surface area contributed by atoms with E-state index in [0.717, 1.165) is 49.6 Å². The van der Waals surface area contributed by atoms with Crippen LogP contribution in [0.2, 0.25) is 0 Å². The Bertz CT molecular complexity index is 537. The van der Waals surface area contributed by atoms with Crippen LogP contribution in [0.3, 0.4) is 0 Å². The lowest BCUT2D eigenvalue weighted by molar-refractivity contribution is -0.131. The number of likely N-dealkylation sites (N-methyl/N-ethyl adjacent to an activating group) is 1. The van der Waals surface area contributed by atoms with Gasteiger partial charge in [0.1, 0.15) is 0 Å². The fourth-order valence-corrected chi connectivity index (χ4v) is 3.78. The Balaban J connectivity index is 1.65. The van der Waals surface area contributed by atoms with Crippen molar-refractivity contribution in [3.63, 3.8) is 0 Å². The molecule has 1 aliphatic carbocycles. The fourth-order valence-electron chi connectivity index (χ4n) is 3.78. The maximum Gasteiger partial charge on any atom is 0.242 e. The van der Waals surface area contributed by atoms with Crippen LogP contribution in [-0.2, 0) is 4.79 Å². The van der Waals surface area contributed by atoms with Crippen molar-refractivity contribution in [2.75, 3.05) is 36.9 Å². The van der Waals surface area contributed by atoms with E-state index < -0.39 is 0 Å². The molecule has 4 nitrogen and oxygen atoms in total. The van der Waals surface area contributed by atoms with E-state index >= 15 is 0 Å². The third-order valence-corrected chi connectivity index (χ3v) is 5.42. The average molecular weight is 315 g/mol. The molecule has 0 unspecified atom stereocenters. The van der Waals surface area contributed by atoms with E-state index in [-0.39, 0.29) is 5.91 Å². The number of para-hydroxylation sites is 2. The van der Waals surface area contributed by atoms with Gasteiger partial charge >= 0.3 is 0 Å². The predicted molar refractivity (Wildman–Crippen MR) is 96.0 cm³/mol. The van der Waals surface area contributed by atoms with Crippen LogP contribution in [0.1, 0.15) is 39.0 Å². The summed E-state index contributed by atoms with van der Waals surface area (Å²) in [6.45, 7) is 4.71. The van der Waals surface area contributed by atoms with Gasteiger partial charge in [-0.3, -0.25) is 4.79 Å². The maximum atomic E-state index is 12.8. The minimum absolute atomic E-state index is 0.251. The molecule has 23 heavy (non-hydrogen) atoms. The van der Waals surface area contributed by atoms with Crippen molar-refractivity contribution in [2.45, 2.75) is 45.1 Å². The molecule has 1 fully saturated rings. The molecule has 1 heterocycles. The van der Waals surface area contributed by atoms with Gasteiger partial charge in [0.05, 0.1) is 17.9 Å². The van der Waals surface area contributed by atoms with Gasteiger partial charge < -0.3 is 15.1 Å². The summed E-state index contributed by atoms with van der Waals surface area (Å²) in [5, 5.41) is 3.46. The molecule has 4 heteroatoms. The highest BCUT2D eigenvalue weighted by molar-refractivity contribution is 5.83. The molecule has 0 saturated heterocycles. The minimum atomic E-state index is 0.251. The van der Waals surface area contributed by atoms with E-state index in [0.29, 0.717) is 12.6 Å². The van der Waals surface area contributed by atoms with Crippen molar-refractivity contribution < 1.29 is 4.79 Å². The van der Waals surface area contributed by atoms with Gasteiger partial charge in [-0.05, 0) is 50.2 Å². The molecule has 1 aromatic carbocycles. The maximum absolute atomic E-state index is 12.8. The zero-order chi connectivity index (χ0) is 16.2. The molecule has 0 atom stereocenters. The van der Waals surface area contributed by atoms with Crippen LogP contribution in [0.15, 0.2) is 24.3 Å². The smallest absolute Gasteiger partial charge is 0.242 e. The Morgan fingerprint density at radius 3 is 2.78 bits per heavy atom. The molecule has 3 rings (SSSR count). The Labute approximate surface area is 139 Å².